The van der Waals surface area contributed by atoms with Gasteiger partial charge >= 0.3 is 0 Å². The van der Waals surface area contributed by atoms with E-state index in [-0.39, 0.29) is 17.0 Å². The Morgan fingerprint density at radius 3 is 2.44 bits per heavy atom. The van der Waals surface area contributed by atoms with Gasteiger partial charge in [0.1, 0.15) is 5.01 Å². The molecule has 142 valence electrons. The lowest BCUT2D eigenvalue weighted by Gasteiger charge is -2.12. The van der Waals surface area contributed by atoms with Crippen molar-refractivity contribution in [3.63, 3.8) is 0 Å². The third kappa shape index (κ3) is 4.18. The Labute approximate surface area is 162 Å². The summed E-state index contributed by atoms with van der Waals surface area (Å²) in [5.74, 6) is 0. The second-order valence-electron chi connectivity index (χ2n) is 6.31. The molecule has 0 spiro atoms. The quantitative estimate of drug-likeness (QED) is 0.634. The number of pyridine rings is 1. The summed E-state index contributed by atoms with van der Waals surface area (Å²) in [5, 5.41) is 2.76. The summed E-state index contributed by atoms with van der Waals surface area (Å²) in [7, 11) is -0.678. The molecule has 0 aliphatic rings. The third-order valence-electron chi connectivity index (χ3n) is 4.23. The van der Waals surface area contributed by atoms with Crippen LogP contribution in [0.15, 0.2) is 57.7 Å². The zero-order chi connectivity index (χ0) is 19.6. The van der Waals surface area contributed by atoms with E-state index in [1.165, 1.54) is 53.9 Å². The highest BCUT2D eigenvalue weighted by atomic mass is 32.2. The highest BCUT2D eigenvalue weighted by molar-refractivity contribution is 7.89. The molecule has 0 bridgehead atoms. The number of hydrogen-bond acceptors (Lipinski definition) is 5. The molecular weight excluding hydrogens is 382 g/mol. The minimum atomic E-state index is -3.60. The van der Waals surface area contributed by atoms with Crippen LogP contribution < -0.4 is 5.56 Å². The Balaban J connectivity index is 1.88. The zero-order valence-corrected chi connectivity index (χ0v) is 17.0. The first-order chi connectivity index (χ1) is 12.8. The van der Waals surface area contributed by atoms with E-state index in [2.05, 4.69) is 24.0 Å². The molecule has 8 heteroatoms. The molecule has 0 amide bonds. The average molecular weight is 404 g/mol. The van der Waals surface area contributed by atoms with Crippen molar-refractivity contribution in [3.8, 4) is 10.6 Å². The van der Waals surface area contributed by atoms with Gasteiger partial charge in [0.15, 0.2) is 0 Å². The first-order valence-corrected chi connectivity index (χ1v) is 10.8. The van der Waals surface area contributed by atoms with Crippen LogP contribution in [0.3, 0.4) is 0 Å². The molecule has 0 saturated carbocycles. The Hall–Kier alpha value is -2.29. The van der Waals surface area contributed by atoms with Gasteiger partial charge in [0.2, 0.25) is 10.0 Å². The van der Waals surface area contributed by atoms with Gasteiger partial charge in [0.25, 0.3) is 5.56 Å². The number of benzene rings is 1. The van der Waals surface area contributed by atoms with Crippen LogP contribution in [-0.2, 0) is 23.0 Å². The predicted octanol–water partition coefficient (Wildman–Crippen LogP) is 2.83. The second kappa shape index (κ2) is 7.75. The molecule has 0 N–H and O–H groups in total. The lowest BCUT2D eigenvalue weighted by atomic mass is 10.1. The van der Waals surface area contributed by atoms with E-state index in [9.17, 15) is 13.2 Å². The van der Waals surface area contributed by atoms with Crippen molar-refractivity contribution in [1.29, 1.82) is 0 Å². The molecule has 2 heterocycles. The summed E-state index contributed by atoms with van der Waals surface area (Å²) in [6.45, 7) is 2.33. The van der Waals surface area contributed by atoms with Crippen LogP contribution in [0, 0.1) is 0 Å². The van der Waals surface area contributed by atoms with Gasteiger partial charge in [-0.15, -0.1) is 11.3 Å². The van der Waals surface area contributed by atoms with Crippen molar-refractivity contribution in [2.45, 2.75) is 24.8 Å². The molecule has 1 aromatic carbocycles. The fourth-order valence-corrected chi connectivity index (χ4v) is 4.31. The molecule has 27 heavy (non-hydrogen) atoms. The van der Waals surface area contributed by atoms with Crippen molar-refractivity contribution >= 4 is 21.4 Å². The SMILES string of the molecule is CCc1ccc(-c2nc(Cn3cc(S(=O)(=O)N(C)C)ccc3=O)cs2)cc1. The zero-order valence-electron chi connectivity index (χ0n) is 15.4. The van der Waals surface area contributed by atoms with E-state index in [0.29, 0.717) is 0 Å². The second-order valence-corrected chi connectivity index (χ2v) is 9.32. The smallest absolute Gasteiger partial charge is 0.250 e. The largest absolute Gasteiger partial charge is 0.308 e. The van der Waals surface area contributed by atoms with Crippen molar-refractivity contribution in [2.75, 3.05) is 14.1 Å². The van der Waals surface area contributed by atoms with Crippen LogP contribution in [0.1, 0.15) is 18.2 Å². The summed E-state index contributed by atoms with van der Waals surface area (Å²) in [6.07, 6.45) is 2.35. The number of nitrogens with zero attached hydrogens (tertiary/aromatic N) is 3. The lowest BCUT2D eigenvalue weighted by molar-refractivity contribution is 0.519. The van der Waals surface area contributed by atoms with Gasteiger partial charge in [-0.05, 0) is 18.1 Å². The van der Waals surface area contributed by atoms with Crippen LogP contribution in [0.4, 0.5) is 0 Å². The first kappa shape index (κ1) is 19.5. The highest BCUT2D eigenvalue weighted by Crippen LogP contribution is 2.24. The topological polar surface area (TPSA) is 72.3 Å². The fraction of sp³-hybridized carbons (Fsp3) is 0.263. The number of rotatable bonds is 6. The molecule has 0 unspecified atom stereocenters. The Kier molecular flexibility index (Phi) is 5.59. The van der Waals surface area contributed by atoms with Crippen LogP contribution in [-0.4, -0.2) is 36.4 Å². The molecule has 3 rings (SSSR count). The monoisotopic (exact) mass is 403 g/mol. The third-order valence-corrected chi connectivity index (χ3v) is 6.97. The summed E-state index contributed by atoms with van der Waals surface area (Å²) in [5.41, 5.74) is 2.74. The maximum atomic E-state index is 12.3. The molecule has 0 fully saturated rings. The van der Waals surface area contributed by atoms with Gasteiger partial charge in [0, 0.05) is 37.3 Å². The van der Waals surface area contributed by atoms with Gasteiger partial charge in [0.05, 0.1) is 17.1 Å². The Morgan fingerprint density at radius 2 is 1.81 bits per heavy atom. The molecule has 0 aliphatic carbocycles. The van der Waals surface area contributed by atoms with E-state index in [1.807, 2.05) is 17.5 Å². The number of sulfonamides is 1. The first-order valence-electron chi connectivity index (χ1n) is 8.48. The molecule has 0 saturated heterocycles. The van der Waals surface area contributed by atoms with Crippen LogP contribution >= 0.6 is 11.3 Å². The molecule has 0 radical (unpaired) electrons. The van der Waals surface area contributed by atoms with E-state index in [4.69, 9.17) is 0 Å². The normalized spacial score (nSPS) is 11.9. The molecule has 6 nitrogen and oxygen atoms in total. The fourth-order valence-electron chi connectivity index (χ4n) is 2.57. The van der Waals surface area contributed by atoms with E-state index >= 15 is 0 Å². The van der Waals surface area contributed by atoms with Crippen molar-refractivity contribution in [1.82, 2.24) is 13.9 Å². The summed E-state index contributed by atoms with van der Waals surface area (Å²) < 4.78 is 27.1. The van der Waals surface area contributed by atoms with E-state index in [0.717, 1.165) is 27.0 Å². The van der Waals surface area contributed by atoms with E-state index < -0.39 is 10.0 Å². The molecule has 0 atom stereocenters. The summed E-state index contributed by atoms with van der Waals surface area (Å²) in [4.78, 5) is 16.8. The Morgan fingerprint density at radius 1 is 1.11 bits per heavy atom. The highest BCUT2D eigenvalue weighted by Gasteiger charge is 2.18. The molecule has 0 aliphatic heterocycles. The molecular formula is C19H21N3O3S2. The number of aromatic nitrogens is 2. The minimum absolute atomic E-state index is 0.0812. The predicted molar refractivity (Wildman–Crippen MR) is 108 cm³/mol. The van der Waals surface area contributed by atoms with Crippen LogP contribution in [0.25, 0.3) is 10.6 Å². The Bertz CT molecular complexity index is 1100. The lowest BCUT2D eigenvalue weighted by Crippen LogP contribution is -2.26. The summed E-state index contributed by atoms with van der Waals surface area (Å²) >= 11 is 1.50. The van der Waals surface area contributed by atoms with Gasteiger partial charge < -0.3 is 4.57 Å². The molecule has 3 aromatic rings. The van der Waals surface area contributed by atoms with Crippen LogP contribution in [0.2, 0.25) is 0 Å². The van der Waals surface area contributed by atoms with E-state index in [1.54, 1.807) is 0 Å². The minimum Gasteiger partial charge on any atom is -0.308 e. The van der Waals surface area contributed by atoms with Crippen LogP contribution in [0.5, 0.6) is 0 Å². The van der Waals surface area contributed by atoms with Gasteiger partial charge in [-0.3, -0.25) is 4.79 Å². The average Bonchev–Trinajstić information content (AvgIpc) is 3.12. The maximum absolute atomic E-state index is 12.3. The molecule has 2 aromatic heterocycles. The van der Waals surface area contributed by atoms with Crippen molar-refractivity contribution < 1.29 is 8.42 Å². The number of aryl methyl sites for hydroxylation is 1. The maximum Gasteiger partial charge on any atom is 0.250 e. The van der Waals surface area contributed by atoms with Gasteiger partial charge in [-0.25, -0.2) is 17.7 Å². The number of thiazole rings is 1. The van der Waals surface area contributed by atoms with Gasteiger partial charge in [-0.1, -0.05) is 31.2 Å². The van der Waals surface area contributed by atoms with Crippen molar-refractivity contribution in [2.24, 2.45) is 0 Å². The number of hydrogen-bond donors (Lipinski definition) is 0. The summed E-state index contributed by atoms with van der Waals surface area (Å²) in [6, 6.07) is 10.8. The standard InChI is InChI=1S/C19H21N3O3S2/c1-4-14-5-7-15(8-6-14)19-20-16(13-26-19)11-22-12-17(9-10-18(22)23)27(24,25)21(2)3/h5-10,12-13H,4,11H2,1-3H3. The van der Waals surface area contributed by atoms with Gasteiger partial charge in [-0.2, -0.15) is 0 Å². The van der Waals surface area contributed by atoms with Crippen molar-refractivity contribution in [3.05, 3.63) is 69.6 Å².